The Morgan fingerprint density at radius 3 is 2.03 bits per heavy atom. The molecule has 1 aromatic carbocycles. The number of hydrogen-bond donors (Lipinski definition) is 5. The maximum absolute atomic E-state index is 13.1. The van der Waals surface area contributed by atoms with Crippen LogP contribution in [0.4, 0.5) is 0 Å². The minimum atomic E-state index is -1.15. The number of carbonyl (C=O) groups excluding carboxylic acids is 3. The maximum atomic E-state index is 13.1. The van der Waals surface area contributed by atoms with Crippen molar-refractivity contribution >= 4 is 47.2 Å². The fourth-order valence-electron chi connectivity index (χ4n) is 3.78. The SMILES string of the molecule is CSCCC(NC(=O)C(CCSC)NC(=O)C1CCCN1)C(=O)NC(Cc1ccccc1)C(=O)O. The first kappa shape index (κ1) is 29.0. The summed E-state index contributed by atoms with van der Waals surface area (Å²) in [6.45, 7) is 0.768. The number of nitrogens with one attached hydrogen (secondary N) is 4. The number of aliphatic carboxylic acids is 1. The van der Waals surface area contributed by atoms with Crippen molar-refractivity contribution < 1.29 is 24.3 Å². The molecule has 1 fully saturated rings. The van der Waals surface area contributed by atoms with Gasteiger partial charge in [0.05, 0.1) is 6.04 Å². The number of amides is 3. The molecular weight excluding hydrogens is 488 g/mol. The summed E-state index contributed by atoms with van der Waals surface area (Å²) in [6, 6.07) is 5.92. The van der Waals surface area contributed by atoms with Crippen molar-refractivity contribution in [2.24, 2.45) is 0 Å². The zero-order valence-corrected chi connectivity index (χ0v) is 21.9. The first-order valence-electron chi connectivity index (χ1n) is 11.7. The molecule has 1 heterocycles. The first-order chi connectivity index (χ1) is 16.8. The monoisotopic (exact) mass is 524 g/mol. The molecule has 0 saturated carbocycles. The summed E-state index contributed by atoms with van der Waals surface area (Å²) in [4.78, 5) is 50.6. The molecule has 5 N–H and O–H groups in total. The van der Waals surface area contributed by atoms with E-state index >= 15 is 0 Å². The van der Waals surface area contributed by atoms with Crippen LogP contribution in [0.2, 0.25) is 0 Å². The van der Waals surface area contributed by atoms with E-state index in [-0.39, 0.29) is 18.4 Å². The van der Waals surface area contributed by atoms with Gasteiger partial charge in [-0.05, 0) is 61.8 Å². The molecule has 2 rings (SSSR count). The van der Waals surface area contributed by atoms with Gasteiger partial charge in [-0.2, -0.15) is 23.5 Å². The standard InChI is InChI=1S/C24H36N4O5S2/c1-34-13-10-18(26-21(29)17-9-6-12-25-17)22(30)27-19(11-14-35-2)23(31)28-20(24(32)33)15-16-7-4-3-5-8-16/h3-5,7-8,17-20,25H,6,9-15H2,1-2H3,(H,26,29)(H,27,30)(H,28,31)(H,32,33). The van der Waals surface area contributed by atoms with Crippen molar-refractivity contribution in [3.05, 3.63) is 35.9 Å². The van der Waals surface area contributed by atoms with E-state index < -0.39 is 35.9 Å². The van der Waals surface area contributed by atoms with E-state index in [9.17, 15) is 24.3 Å². The van der Waals surface area contributed by atoms with Gasteiger partial charge in [0.1, 0.15) is 18.1 Å². The highest BCUT2D eigenvalue weighted by Gasteiger charge is 2.31. The number of thioether (sulfide) groups is 2. The Morgan fingerprint density at radius 2 is 1.51 bits per heavy atom. The average molecular weight is 525 g/mol. The minimum Gasteiger partial charge on any atom is -0.480 e. The molecule has 3 amide bonds. The molecule has 11 heteroatoms. The minimum absolute atomic E-state index is 0.131. The largest absolute Gasteiger partial charge is 0.480 e. The molecule has 4 unspecified atom stereocenters. The summed E-state index contributed by atoms with van der Waals surface area (Å²) >= 11 is 3.09. The van der Waals surface area contributed by atoms with E-state index in [4.69, 9.17) is 0 Å². The Morgan fingerprint density at radius 1 is 0.943 bits per heavy atom. The lowest BCUT2D eigenvalue weighted by Crippen LogP contribution is -2.57. The summed E-state index contributed by atoms with van der Waals surface area (Å²) < 4.78 is 0. The smallest absolute Gasteiger partial charge is 0.326 e. The van der Waals surface area contributed by atoms with Crippen molar-refractivity contribution in [2.75, 3.05) is 30.6 Å². The molecule has 1 aliphatic rings. The van der Waals surface area contributed by atoms with E-state index in [1.807, 2.05) is 30.7 Å². The molecule has 1 saturated heterocycles. The zero-order valence-electron chi connectivity index (χ0n) is 20.2. The normalized spacial score (nSPS) is 17.7. The van der Waals surface area contributed by atoms with Gasteiger partial charge >= 0.3 is 5.97 Å². The second kappa shape index (κ2) is 15.7. The lowest BCUT2D eigenvalue weighted by Gasteiger charge is -2.25. The number of hydrogen-bond acceptors (Lipinski definition) is 7. The van der Waals surface area contributed by atoms with Crippen molar-refractivity contribution in [3.8, 4) is 0 Å². The van der Waals surface area contributed by atoms with Gasteiger partial charge in [-0.3, -0.25) is 14.4 Å². The predicted molar refractivity (Wildman–Crippen MR) is 141 cm³/mol. The third-order valence-corrected chi connectivity index (χ3v) is 7.05. The van der Waals surface area contributed by atoms with Crippen LogP contribution in [0.25, 0.3) is 0 Å². The van der Waals surface area contributed by atoms with Crippen molar-refractivity contribution in [2.45, 2.75) is 56.3 Å². The number of benzene rings is 1. The maximum Gasteiger partial charge on any atom is 0.326 e. The third kappa shape index (κ3) is 10.1. The van der Waals surface area contributed by atoms with Gasteiger partial charge in [-0.25, -0.2) is 4.79 Å². The Balaban J connectivity index is 2.07. The van der Waals surface area contributed by atoms with Crippen LogP contribution in [-0.2, 0) is 25.6 Å². The van der Waals surface area contributed by atoms with Gasteiger partial charge in [0.2, 0.25) is 17.7 Å². The molecule has 1 aliphatic heterocycles. The van der Waals surface area contributed by atoms with Gasteiger partial charge in [0, 0.05) is 6.42 Å². The van der Waals surface area contributed by atoms with Crippen LogP contribution in [0.5, 0.6) is 0 Å². The molecule has 1 aromatic rings. The second-order valence-electron chi connectivity index (χ2n) is 8.42. The van der Waals surface area contributed by atoms with Gasteiger partial charge in [-0.15, -0.1) is 0 Å². The van der Waals surface area contributed by atoms with E-state index in [1.54, 1.807) is 23.9 Å². The first-order valence-corrected chi connectivity index (χ1v) is 14.5. The highest BCUT2D eigenvalue weighted by atomic mass is 32.2. The fourth-order valence-corrected chi connectivity index (χ4v) is 4.73. The third-order valence-electron chi connectivity index (χ3n) is 5.76. The van der Waals surface area contributed by atoms with Crippen molar-refractivity contribution in [1.82, 2.24) is 21.3 Å². The van der Waals surface area contributed by atoms with Crippen LogP contribution in [-0.4, -0.2) is 83.5 Å². The number of carboxylic acids is 1. The molecule has 0 aromatic heterocycles. The van der Waals surface area contributed by atoms with Crippen LogP contribution in [0, 0.1) is 0 Å². The van der Waals surface area contributed by atoms with E-state index in [1.165, 1.54) is 11.8 Å². The van der Waals surface area contributed by atoms with Gasteiger partial charge in [-0.1, -0.05) is 30.3 Å². The molecule has 35 heavy (non-hydrogen) atoms. The van der Waals surface area contributed by atoms with Gasteiger partial charge in [0.25, 0.3) is 0 Å². The van der Waals surface area contributed by atoms with Crippen LogP contribution in [0.15, 0.2) is 30.3 Å². The number of carbonyl (C=O) groups is 4. The Labute approximate surface area is 215 Å². The molecule has 194 valence electrons. The summed E-state index contributed by atoms with van der Waals surface area (Å²) in [5.41, 5.74) is 0.783. The lowest BCUT2D eigenvalue weighted by molar-refractivity contribution is -0.142. The van der Waals surface area contributed by atoms with Crippen molar-refractivity contribution in [1.29, 1.82) is 0 Å². The Hall–Kier alpha value is -2.24. The molecule has 0 spiro atoms. The van der Waals surface area contributed by atoms with E-state index in [2.05, 4.69) is 21.3 Å². The van der Waals surface area contributed by atoms with Crippen LogP contribution in [0.1, 0.15) is 31.2 Å². The number of rotatable bonds is 15. The molecule has 9 nitrogen and oxygen atoms in total. The van der Waals surface area contributed by atoms with Gasteiger partial charge in [0.15, 0.2) is 0 Å². The second-order valence-corrected chi connectivity index (χ2v) is 10.4. The Bertz CT molecular complexity index is 836. The van der Waals surface area contributed by atoms with Crippen LogP contribution < -0.4 is 21.3 Å². The average Bonchev–Trinajstić information content (AvgIpc) is 3.39. The van der Waals surface area contributed by atoms with Crippen LogP contribution >= 0.6 is 23.5 Å². The van der Waals surface area contributed by atoms with Crippen molar-refractivity contribution in [3.63, 3.8) is 0 Å². The molecule has 4 atom stereocenters. The summed E-state index contributed by atoms with van der Waals surface area (Å²) in [7, 11) is 0. The molecular formula is C24H36N4O5S2. The van der Waals surface area contributed by atoms with Gasteiger partial charge < -0.3 is 26.4 Å². The Kier molecular flexibility index (Phi) is 13.0. The summed E-state index contributed by atoms with van der Waals surface area (Å²) in [5, 5.41) is 20.9. The summed E-state index contributed by atoms with van der Waals surface area (Å²) in [5.74, 6) is -1.10. The molecule has 0 radical (unpaired) electrons. The summed E-state index contributed by atoms with van der Waals surface area (Å²) in [6.07, 6.45) is 6.33. The quantitative estimate of drug-likeness (QED) is 0.229. The molecule has 0 bridgehead atoms. The van der Waals surface area contributed by atoms with E-state index in [0.717, 1.165) is 24.9 Å². The predicted octanol–water partition coefficient (Wildman–Crippen LogP) is 1.03. The zero-order chi connectivity index (χ0) is 25.6. The molecule has 0 aliphatic carbocycles. The highest BCUT2D eigenvalue weighted by molar-refractivity contribution is 7.98. The van der Waals surface area contributed by atoms with E-state index in [0.29, 0.717) is 24.3 Å². The fraction of sp³-hybridized carbons (Fsp3) is 0.583. The lowest BCUT2D eigenvalue weighted by atomic mass is 10.0. The highest BCUT2D eigenvalue weighted by Crippen LogP contribution is 2.09. The number of carboxylic acid groups (broad SMARTS) is 1. The topological polar surface area (TPSA) is 137 Å². The van der Waals surface area contributed by atoms with Crippen LogP contribution in [0.3, 0.4) is 0 Å².